The molecule has 20 heavy (non-hydrogen) atoms. The normalized spacial score (nSPS) is 12.8. The van der Waals surface area contributed by atoms with Crippen LogP contribution < -0.4 is 5.73 Å². The van der Waals surface area contributed by atoms with Gasteiger partial charge in [-0.1, -0.05) is 45.7 Å². The van der Waals surface area contributed by atoms with Gasteiger partial charge in [0.1, 0.15) is 11.3 Å². The van der Waals surface area contributed by atoms with Crippen molar-refractivity contribution in [2.24, 2.45) is 5.73 Å². The smallest absolute Gasteiger partial charge is 0.135 e. The molecule has 0 aliphatic heterocycles. The van der Waals surface area contributed by atoms with Crippen molar-refractivity contribution >= 4 is 38.5 Å². The van der Waals surface area contributed by atoms with E-state index in [4.69, 9.17) is 21.8 Å². The fraction of sp³-hybridized carbons (Fsp3) is 0.125. The maximum Gasteiger partial charge on any atom is 0.135 e. The molecule has 0 saturated heterocycles. The molecule has 1 heterocycles. The highest BCUT2D eigenvalue weighted by atomic mass is 79.9. The molecule has 1 atom stereocenters. The van der Waals surface area contributed by atoms with Gasteiger partial charge < -0.3 is 10.2 Å². The summed E-state index contributed by atoms with van der Waals surface area (Å²) in [5, 5.41) is 1.73. The number of hydrogen-bond donors (Lipinski definition) is 1. The minimum absolute atomic E-state index is 0.366. The lowest BCUT2D eigenvalue weighted by atomic mass is 10.0. The lowest BCUT2D eigenvalue weighted by Crippen LogP contribution is -2.12. The first-order chi connectivity index (χ1) is 9.58. The lowest BCUT2D eigenvalue weighted by molar-refractivity contribution is 0.521. The average Bonchev–Trinajstić information content (AvgIpc) is 2.75. The molecule has 102 valence electrons. The predicted molar refractivity (Wildman–Crippen MR) is 86.1 cm³/mol. The van der Waals surface area contributed by atoms with Gasteiger partial charge in [-0.3, -0.25) is 0 Å². The van der Waals surface area contributed by atoms with Crippen molar-refractivity contribution in [2.45, 2.75) is 13.0 Å². The second-order valence-electron chi connectivity index (χ2n) is 4.73. The summed E-state index contributed by atoms with van der Waals surface area (Å²) in [6.07, 6.45) is 0. The van der Waals surface area contributed by atoms with Crippen LogP contribution >= 0.6 is 27.5 Å². The summed E-state index contributed by atoms with van der Waals surface area (Å²) in [4.78, 5) is 0. The number of benzene rings is 2. The highest BCUT2D eigenvalue weighted by Crippen LogP contribution is 2.34. The van der Waals surface area contributed by atoms with Crippen LogP contribution in [0.25, 0.3) is 11.0 Å². The molecule has 1 aromatic heterocycles. The van der Waals surface area contributed by atoms with Gasteiger partial charge in [0.05, 0.1) is 6.04 Å². The van der Waals surface area contributed by atoms with Crippen LogP contribution in [-0.2, 0) is 0 Å². The third kappa shape index (κ3) is 2.26. The number of hydrogen-bond acceptors (Lipinski definition) is 2. The zero-order valence-corrected chi connectivity index (χ0v) is 13.2. The Labute approximate surface area is 130 Å². The average molecular weight is 351 g/mol. The van der Waals surface area contributed by atoms with Crippen LogP contribution in [0.15, 0.2) is 51.4 Å². The molecule has 0 radical (unpaired) electrons. The van der Waals surface area contributed by atoms with Gasteiger partial charge in [-0.15, -0.1) is 0 Å². The summed E-state index contributed by atoms with van der Waals surface area (Å²) < 4.78 is 6.92. The molecule has 0 fully saturated rings. The second-order valence-corrected chi connectivity index (χ2v) is 6.05. The van der Waals surface area contributed by atoms with E-state index in [1.54, 1.807) is 0 Å². The lowest BCUT2D eigenvalue weighted by Gasteiger charge is -2.12. The van der Waals surface area contributed by atoms with E-state index in [1.165, 1.54) is 0 Å². The summed E-state index contributed by atoms with van der Waals surface area (Å²) in [6.45, 7) is 2.02. The Balaban J connectivity index is 2.15. The van der Waals surface area contributed by atoms with Crippen LogP contribution in [0.2, 0.25) is 5.02 Å². The zero-order valence-electron chi connectivity index (χ0n) is 10.9. The van der Waals surface area contributed by atoms with Crippen molar-refractivity contribution in [1.29, 1.82) is 0 Å². The Morgan fingerprint density at radius 1 is 1.20 bits per heavy atom. The largest absolute Gasteiger partial charge is 0.459 e. The first-order valence-corrected chi connectivity index (χ1v) is 7.43. The van der Waals surface area contributed by atoms with Crippen molar-refractivity contribution in [3.8, 4) is 0 Å². The van der Waals surface area contributed by atoms with E-state index in [1.807, 2.05) is 49.4 Å². The highest BCUT2D eigenvalue weighted by Gasteiger charge is 2.20. The molecule has 2 aromatic carbocycles. The van der Waals surface area contributed by atoms with E-state index in [9.17, 15) is 0 Å². The number of rotatable bonds is 2. The quantitative estimate of drug-likeness (QED) is 0.689. The SMILES string of the molecule is Cc1c(C(N)c2ccccc2Cl)oc2cc(Br)ccc12. The highest BCUT2D eigenvalue weighted by molar-refractivity contribution is 9.10. The minimum atomic E-state index is -0.366. The Bertz CT molecular complexity index is 781. The number of halogens is 2. The van der Waals surface area contributed by atoms with Gasteiger partial charge in [-0.05, 0) is 36.8 Å². The molecule has 0 bridgehead atoms. The molecule has 2 N–H and O–H groups in total. The van der Waals surface area contributed by atoms with Gasteiger partial charge in [0.25, 0.3) is 0 Å². The van der Waals surface area contributed by atoms with Crippen LogP contribution in [-0.4, -0.2) is 0 Å². The van der Waals surface area contributed by atoms with Gasteiger partial charge in [0.15, 0.2) is 0 Å². The molecule has 4 heteroatoms. The van der Waals surface area contributed by atoms with Crippen molar-refractivity contribution in [3.05, 3.63) is 68.8 Å². The van der Waals surface area contributed by atoms with E-state index >= 15 is 0 Å². The van der Waals surface area contributed by atoms with Crippen molar-refractivity contribution < 1.29 is 4.42 Å². The van der Waals surface area contributed by atoms with Crippen LogP contribution in [0.1, 0.15) is 22.9 Å². The second kappa shape index (κ2) is 5.24. The third-order valence-electron chi connectivity index (χ3n) is 3.46. The fourth-order valence-corrected chi connectivity index (χ4v) is 2.98. The van der Waals surface area contributed by atoms with Gasteiger partial charge in [-0.25, -0.2) is 0 Å². The van der Waals surface area contributed by atoms with E-state index in [-0.39, 0.29) is 6.04 Å². The molecule has 1 unspecified atom stereocenters. The summed E-state index contributed by atoms with van der Waals surface area (Å²) in [6, 6.07) is 13.2. The van der Waals surface area contributed by atoms with Crippen molar-refractivity contribution in [3.63, 3.8) is 0 Å². The fourth-order valence-electron chi connectivity index (χ4n) is 2.38. The molecule has 3 aromatic rings. The predicted octanol–water partition coefficient (Wildman–Crippen LogP) is 5.21. The first-order valence-electron chi connectivity index (χ1n) is 6.26. The van der Waals surface area contributed by atoms with Crippen molar-refractivity contribution in [1.82, 2.24) is 0 Å². The van der Waals surface area contributed by atoms with Gasteiger partial charge in [0, 0.05) is 20.4 Å². The number of fused-ring (bicyclic) bond motifs is 1. The molecule has 0 saturated carbocycles. The Hall–Kier alpha value is -1.29. The van der Waals surface area contributed by atoms with E-state index in [0.717, 1.165) is 32.3 Å². The molecule has 0 spiro atoms. The third-order valence-corrected chi connectivity index (χ3v) is 4.30. The van der Waals surface area contributed by atoms with Crippen LogP contribution in [0.5, 0.6) is 0 Å². The summed E-state index contributed by atoms with van der Waals surface area (Å²) in [7, 11) is 0. The molecule has 3 rings (SSSR count). The number of nitrogens with two attached hydrogens (primary N) is 1. The maximum absolute atomic E-state index is 6.33. The van der Waals surface area contributed by atoms with Crippen LogP contribution in [0.4, 0.5) is 0 Å². The topological polar surface area (TPSA) is 39.2 Å². The number of furan rings is 1. The standard InChI is InChI=1S/C16H13BrClNO/c1-9-11-7-6-10(17)8-14(11)20-16(9)15(19)12-4-2-3-5-13(12)18/h2-8,15H,19H2,1H3. The molecule has 0 amide bonds. The summed E-state index contributed by atoms with van der Waals surface area (Å²) >= 11 is 9.66. The molecule has 2 nitrogen and oxygen atoms in total. The van der Waals surface area contributed by atoms with Gasteiger partial charge in [0.2, 0.25) is 0 Å². The molecular formula is C16H13BrClNO. The first kappa shape index (κ1) is 13.7. The number of aryl methyl sites for hydroxylation is 1. The van der Waals surface area contributed by atoms with Crippen LogP contribution in [0.3, 0.4) is 0 Å². The summed E-state index contributed by atoms with van der Waals surface area (Å²) in [5.41, 5.74) is 9.08. The van der Waals surface area contributed by atoms with E-state index < -0.39 is 0 Å². The molecule has 0 aliphatic rings. The van der Waals surface area contributed by atoms with Crippen molar-refractivity contribution in [2.75, 3.05) is 0 Å². The Kier molecular flexibility index (Phi) is 3.59. The summed E-state index contributed by atoms with van der Waals surface area (Å²) in [5.74, 6) is 0.756. The Morgan fingerprint density at radius 2 is 1.95 bits per heavy atom. The van der Waals surface area contributed by atoms with Gasteiger partial charge in [-0.2, -0.15) is 0 Å². The molecule has 0 aliphatic carbocycles. The van der Waals surface area contributed by atoms with E-state index in [2.05, 4.69) is 15.9 Å². The monoisotopic (exact) mass is 349 g/mol. The minimum Gasteiger partial charge on any atom is -0.459 e. The van der Waals surface area contributed by atoms with Gasteiger partial charge >= 0.3 is 0 Å². The van der Waals surface area contributed by atoms with E-state index in [0.29, 0.717) is 5.02 Å². The molecular weight excluding hydrogens is 338 g/mol. The van der Waals surface area contributed by atoms with Crippen LogP contribution in [0, 0.1) is 6.92 Å². The Morgan fingerprint density at radius 3 is 2.70 bits per heavy atom. The maximum atomic E-state index is 6.33. The zero-order chi connectivity index (χ0) is 14.3.